The molecule has 2 heterocycles. The second-order valence-electron chi connectivity index (χ2n) is 2.57. The minimum absolute atomic E-state index is 0.0537. The zero-order valence-corrected chi connectivity index (χ0v) is 6.64. The first-order valence-electron chi connectivity index (χ1n) is 3.71. The van der Waals surface area contributed by atoms with Crippen LogP contribution in [0, 0.1) is 0 Å². The summed E-state index contributed by atoms with van der Waals surface area (Å²) in [6, 6.07) is 0. The van der Waals surface area contributed by atoms with Gasteiger partial charge in [-0.25, -0.2) is 9.79 Å². The van der Waals surface area contributed by atoms with E-state index < -0.39 is 5.97 Å². The van der Waals surface area contributed by atoms with Gasteiger partial charge in [-0.05, 0) is 18.2 Å². The first-order valence-corrected chi connectivity index (χ1v) is 3.71. The van der Waals surface area contributed by atoms with E-state index in [1.807, 2.05) is 6.08 Å². The summed E-state index contributed by atoms with van der Waals surface area (Å²) in [6.07, 6.45) is 8.27. The van der Waals surface area contributed by atoms with Crippen molar-refractivity contribution in [3.8, 4) is 0 Å². The summed E-state index contributed by atoms with van der Waals surface area (Å²) < 4.78 is 0. The second kappa shape index (κ2) is 2.82. The van der Waals surface area contributed by atoms with Crippen LogP contribution in [0.15, 0.2) is 45.2 Å². The van der Waals surface area contributed by atoms with Gasteiger partial charge in [-0.1, -0.05) is 0 Å². The molecule has 0 aromatic rings. The molecule has 4 nitrogen and oxygen atoms in total. The third-order valence-electron chi connectivity index (χ3n) is 1.70. The Bertz CT molecular complexity index is 397. The number of nitrogens with zero attached hydrogens (tertiary/aromatic N) is 2. The molecule has 64 valence electrons. The lowest BCUT2D eigenvalue weighted by atomic mass is 10.2. The number of hydrogen-bond acceptors (Lipinski definition) is 3. The number of aliphatic imine (C=N–C) groups is 2. The molecule has 1 N–H and O–H groups in total. The van der Waals surface area contributed by atoms with E-state index in [9.17, 15) is 4.79 Å². The quantitative estimate of drug-likeness (QED) is 0.642. The lowest BCUT2D eigenvalue weighted by molar-refractivity contribution is -0.132. The lowest BCUT2D eigenvalue weighted by Crippen LogP contribution is -1.94. The summed E-state index contributed by atoms with van der Waals surface area (Å²) in [7, 11) is 0. The van der Waals surface area contributed by atoms with Crippen LogP contribution in [0.4, 0.5) is 0 Å². The summed E-state index contributed by atoms with van der Waals surface area (Å²) in [4.78, 5) is 18.3. The molecule has 0 aromatic carbocycles. The Morgan fingerprint density at radius 1 is 1.38 bits per heavy atom. The predicted octanol–water partition coefficient (Wildman–Crippen LogP) is 0.934. The normalized spacial score (nSPS) is 24.2. The van der Waals surface area contributed by atoms with Crippen molar-refractivity contribution in [1.29, 1.82) is 0 Å². The number of allylic oxidation sites excluding steroid dienone is 4. The highest BCUT2D eigenvalue weighted by atomic mass is 16.4. The van der Waals surface area contributed by atoms with E-state index in [0.717, 1.165) is 11.3 Å². The molecule has 0 radical (unpaired) electrons. The fourth-order valence-electron chi connectivity index (χ4n) is 1.09. The van der Waals surface area contributed by atoms with Crippen LogP contribution < -0.4 is 0 Å². The first kappa shape index (κ1) is 7.67. The molecule has 2 aliphatic rings. The van der Waals surface area contributed by atoms with Crippen molar-refractivity contribution in [2.24, 2.45) is 9.98 Å². The van der Waals surface area contributed by atoms with Gasteiger partial charge in [-0.2, -0.15) is 0 Å². The van der Waals surface area contributed by atoms with Crippen molar-refractivity contribution in [2.75, 3.05) is 0 Å². The average Bonchev–Trinajstić information content (AvgIpc) is 2.75. The van der Waals surface area contributed by atoms with Crippen molar-refractivity contribution < 1.29 is 9.90 Å². The van der Waals surface area contributed by atoms with E-state index in [0.29, 0.717) is 0 Å². The SMILES string of the molecule is O=C(O)C1=CC(=C2C=CC=N2)C=N1. The highest BCUT2D eigenvalue weighted by Gasteiger charge is 2.13. The van der Waals surface area contributed by atoms with Crippen LogP contribution in [0.3, 0.4) is 0 Å². The summed E-state index contributed by atoms with van der Waals surface area (Å²) in [5, 5.41) is 8.61. The Morgan fingerprint density at radius 2 is 2.23 bits per heavy atom. The smallest absolute Gasteiger partial charge is 0.354 e. The largest absolute Gasteiger partial charge is 0.477 e. The molecule has 13 heavy (non-hydrogen) atoms. The van der Waals surface area contributed by atoms with Crippen LogP contribution in [0.2, 0.25) is 0 Å². The molecule has 0 amide bonds. The Morgan fingerprint density at radius 3 is 2.77 bits per heavy atom. The maximum Gasteiger partial charge on any atom is 0.354 e. The summed E-state index contributed by atoms with van der Waals surface area (Å²) in [5.41, 5.74) is 1.54. The zero-order valence-electron chi connectivity index (χ0n) is 6.64. The third kappa shape index (κ3) is 1.33. The zero-order chi connectivity index (χ0) is 9.26. The molecule has 0 aliphatic carbocycles. The van der Waals surface area contributed by atoms with E-state index in [1.54, 1.807) is 12.3 Å². The van der Waals surface area contributed by atoms with Gasteiger partial charge in [-0.15, -0.1) is 0 Å². The molecule has 2 aliphatic heterocycles. The molecule has 0 unspecified atom stereocenters. The third-order valence-corrected chi connectivity index (χ3v) is 1.70. The van der Waals surface area contributed by atoms with Crippen molar-refractivity contribution in [3.63, 3.8) is 0 Å². The van der Waals surface area contributed by atoms with Gasteiger partial charge in [0.1, 0.15) is 5.70 Å². The lowest BCUT2D eigenvalue weighted by Gasteiger charge is -1.90. The monoisotopic (exact) mass is 174 g/mol. The average molecular weight is 174 g/mol. The molecular weight excluding hydrogens is 168 g/mol. The molecule has 0 bridgehead atoms. The number of rotatable bonds is 1. The second-order valence-corrected chi connectivity index (χ2v) is 2.57. The van der Waals surface area contributed by atoms with Crippen LogP contribution in [-0.4, -0.2) is 23.5 Å². The summed E-state index contributed by atoms with van der Waals surface area (Å²) in [5.74, 6) is -1.02. The molecule has 0 aromatic heterocycles. The Labute approximate surface area is 74.3 Å². The standard InChI is InChI=1S/C9H6N2O2/c12-9(13)8-4-6(5-11-8)7-2-1-3-10-7/h1-5H,(H,12,13). The number of aliphatic carboxylic acids is 1. The fraction of sp³-hybridized carbons (Fsp3) is 0. The topological polar surface area (TPSA) is 62.0 Å². The molecule has 0 saturated heterocycles. The van der Waals surface area contributed by atoms with Crippen LogP contribution in [0.1, 0.15) is 0 Å². The minimum atomic E-state index is -1.02. The number of carboxylic acids is 1. The van der Waals surface area contributed by atoms with Gasteiger partial charge < -0.3 is 5.11 Å². The highest BCUT2D eigenvalue weighted by molar-refractivity contribution is 5.99. The van der Waals surface area contributed by atoms with E-state index in [1.165, 1.54) is 12.3 Å². The van der Waals surface area contributed by atoms with E-state index >= 15 is 0 Å². The van der Waals surface area contributed by atoms with Crippen LogP contribution in [-0.2, 0) is 4.79 Å². The van der Waals surface area contributed by atoms with Crippen molar-refractivity contribution in [2.45, 2.75) is 0 Å². The molecular formula is C9H6N2O2. The maximum atomic E-state index is 10.5. The fourth-order valence-corrected chi connectivity index (χ4v) is 1.09. The van der Waals surface area contributed by atoms with Gasteiger partial charge in [0.15, 0.2) is 0 Å². The summed E-state index contributed by atoms with van der Waals surface area (Å²) in [6.45, 7) is 0. The number of hydrogen-bond donors (Lipinski definition) is 1. The van der Waals surface area contributed by atoms with Gasteiger partial charge in [0.05, 0.1) is 5.70 Å². The molecule has 2 rings (SSSR count). The first-order chi connectivity index (χ1) is 6.27. The molecule has 0 saturated carbocycles. The highest BCUT2D eigenvalue weighted by Crippen LogP contribution is 2.18. The number of carbonyl (C=O) groups is 1. The molecule has 0 fully saturated rings. The van der Waals surface area contributed by atoms with Gasteiger partial charge in [0.25, 0.3) is 0 Å². The Hall–Kier alpha value is -1.97. The Balaban J connectivity index is 2.38. The van der Waals surface area contributed by atoms with Gasteiger partial charge >= 0.3 is 5.97 Å². The van der Waals surface area contributed by atoms with Crippen LogP contribution >= 0.6 is 0 Å². The van der Waals surface area contributed by atoms with Crippen LogP contribution in [0.5, 0.6) is 0 Å². The predicted molar refractivity (Wildman–Crippen MR) is 48.9 cm³/mol. The van der Waals surface area contributed by atoms with E-state index in [4.69, 9.17) is 5.11 Å². The van der Waals surface area contributed by atoms with Crippen LogP contribution in [0.25, 0.3) is 0 Å². The van der Waals surface area contributed by atoms with Crippen molar-refractivity contribution >= 4 is 18.4 Å². The molecule has 0 spiro atoms. The van der Waals surface area contributed by atoms with Crippen molar-refractivity contribution in [1.82, 2.24) is 0 Å². The summed E-state index contributed by atoms with van der Waals surface area (Å²) >= 11 is 0. The van der Waals surface area contributed by atoms with E-state index in [2.05, 4.69) is 9.98 Å². The Kier molecular flexibility index (Phi) is 1.66. The van der Waals surface area contributed by atoms with Gasteiger partial charge in [-0.3, -0.25) is 4.99 Å². The number of carboxylic acid groups (broad SMARTS) is 1. The minimum Gasteiger partial charge on any atom is -0.477 e. The molecule has 0 atom stereocenters. The maximum absolute atomic E-state index is 10.5. The van der Waals surface area contributed by atoms with Gasteiger partial charge in [0, 0.05) is 18.0 Å². The van der Waals surface area contributed by atoms with Gasteiger partial charge in [0.2, 0.25) is 0 Å². The molecule has 4 heteroatoms. The van der Waals surface area contributed by atoms with E-state index in [-0.39, 0.29) is 5.70 Å². The van der Waals surface area contributed by atoms with Crippen molar-refractivity contribution in [3.05, 3.63) is 35.2 Å².